The minimum absolute atomic E-state index is 0.0232. The molecule has 2 aliphatic heterocycles. The summed E-state index contributed by atoms with van der Waals surface area (Å²) in [6.45, 7) is 2.48. The number of carbonyl (C=O) groups excluding carboxylic acids is 1. The lowest BCUT2D eigenvalue weighted by Crippen LogP contribution is -2.44. The zero-order chi connectivity index (χ0) is 14.7. The first-order valence-electron chi connectivity index (χ1n) is 7.56. The largest absolute Gasteiger partial charge is 0.392 e. The highest BCUT2D eigenvalue weighted by Crippen LogP contribution is 2.15. The van der Waals surface area contributed by atoms with E-state index in [4.69, 9.17) is 0 Å². The summed E-state index contributed by atoms with van der Waals surface area (Å²) in [5.74, 6) is 0.0232. The molecule has 1 saturated heterocycles. The number of rotatable bonds is 3. The third kappa shape index (κ3) is 3.49. The zero-order valence-corrected chi connectivity index (χ0v) is 12.1. The topological polar surface area (TPSA) is 56.1 Å². The highest BCUT2D eigenvalue weighted by molar-refractivity contribution is 6.02. The van der Waals surface area contributed by atoms with E-state index in [-0.39, 0.29) is 12.0 Å². The van der Waals surface area contributed by atoms with Gasteiger partial charge in [-0.1, -0.05) is 30.3 Å². The minimum atomic E-state index is -0.298. The number of benzene rings is 1. The Hall–Kier alpha value is -1.72. The second kappa shape index (κ2) is 6.37. The number of hydrazone groups is 1. The maximum atomic E-state index is 12.3. The molecule has 0 aromatic heterocycles. The number of aliphatic hydroxyl groups excluding tert-OH is 1. The number of likely N-dealkylation sites (tertiary alicyclic amines) is 1. The molecule has 0 saturated carbocycles. The lowest BCUT2D eigenvalue weighted by Gasteiger charge is -2.30. The molecule has 2 heterocycles. The van der Waals surface area contributed by atoms with Crippen LogP contribution in [0.15, 0.2) is 35.4 Å². The van der Waals surface area contributed by atoms with Gasteiger partial charge in [0.15, 0.2) is 0 Å². The summed E-state index contributed by atoms with van der Waals surface area (Å²) in [6, 6.07) is 9.99. The van der Waals surface area contributed by atoms with Crippen LogP contribution in [0.3, 0.4) is 0 Å². The fraction of sp³-hybridized carbons (Fsp3) is 0.500. The first-order chi connectivity index (χ1) is 10.2. The van der Waals surface area contributed by atoms with Crippen LogP contribution < -0.4 is 0 Å². The number of nitrogens with zero attached hydrogens (tertiary/aromatic N) is 3. The quantitative estimate of drug-likeness (QED) is 0.905. The smallest absolute Gasteiger partial charge is 0.256 e. The Morgan fingerprint density at radius 3 is 2.86 bits per heavy atom. The van der Waals surface area contributed by atoms with Crippen molar-refractivity contribution in [3.05, 3.63) is 35.9 Å². The molecular weight excluding hydrogens is 266 g/mol. The van der Waals surface area contributed by atoms with Gasteiger partial charge < -0.3 is 5.11 Å². The maximum absolute atomic E-state index is 12.3. The Morgan fingerprint density at radius 1 is 1.29 bits per heavy atom. The van der Waals surface area contributed by atoms with Crippen molar-refractivity contribution in [2.75, 3.05) is 26.2 Å². The fourth-order valence-electron chi connectivity index (χ4n) is 2.92. The molecule has 5 nitrogen and oxygen atoms in total. The van der Waals surface area contributed by atoms with E-state index >= 15 is 0 Å². The second-order valence-corrected chi connectivity index (χ2v) is 5.71. The van der Waals surface area contributed by atoms with Gasteiger partial charge >= 0.3 is 0 Å². The summed E-state index contributed by atoms with van der Waals surface area (Å²) in [5, 5.41) is 15.7. The van der Waals surface area contributed by atoms with Crippen molar-refractivity contribution in [3.8, 4) is 0 Å². The van der Waals surface area contributed by atoms with Gasteiger partial charge in [0.2, 0.25) is 0 Å². The number of carbonyl (C=O) groups is 1. The summed E-state index contributed by atoms with van der Waals surface area (Å²) in [5.41, 5.74) is 2.06. The molecule has 3 rings (SSSR count). The Morgan fingerprint density at radius 2 is 2.10 bits per heavy atom. The number of aliphatic hydroxyl groups is 1. The van der Waals surface area contributed by atoms with E-state index in [9.17, 15) is 9.90 Å². The van der Waals surface area contributed by atoms with Gasteiger partial charge in [0.25, 0.3) is 5.91 Å². The molecule has 0 spiro atoms. The SMILES string of the molecule is O=C(CN1CCC[C@@H](O)C1)N1CCC(c2ccccc2)=N1. The highest BCUT2D eigenvalue weighted by atomic mass is 16.3. The van der Waals surface area contributed by atoms with Crippen LogP contribution in [-0.2, 0) is 4.79 Å². The lowest BCUT2D eigenvalue weighted by atomic mass is 10.1. The van der Waals surface area contributed by atoms with Crippen molar-refractivity contribution in [3.63, 3.8) is 0 Å². The predicted octanol–water partition coefficient (Wildman–Crippen LogP) is 1.08. The van der Waals surface area contributed by atoms with Crippen LogP contribution in [0.25, 0.3) is 0 Å². The molecule has 1 aromatic rings. The van der Waals surface area contributed by atoms with Crippen molar-refractivity contribution < 1.29 is 9.90 Å². The molecule has 5 heteroatoms. The van der Waals surface area contributed by atoms with Crippen LogP contribution >= 0.6 is 0 Å². The van der Waals surface area contributed by atoms with Crippen LogP contribution in [0.5, 0.6) is 0 Å². The molecule has 1 atom stereocenters. The third-order valence-electron chi connectivity index (χ3n) is 4.04. The lowest BCUT2D eigenvalue weighted by molar-refractivity contribution is -0.132. The molecule has 1 aromatic carbocycles. The van der Waals surface area contributed by atoms with Crippen molar-refractivity contribution in [2.45, 2.75) is 25.4 Å². The molecule has 0 unspecified atom stereocenters. The summed E-state index contributed by atoms with van der Waals surface area (Å²) in [4.78, 5) is 14.3. The molecule has 1 amide bonds. The zero-order valence-electron chi connectivity index (χ0n) is 12.1. The number of β-amino-alcohol motifs (C(OH)–C–C–N with tert-alkyl or cyclic N) is 1. The molecule has 0 bridgehead atoms. The second-order valence-electron chi connectivity index (χ2n) is 5.71. The van der Waals surface area contributed by atoms with Gasteiger partial charge in [-0.25, -0.2) is 5.01 Å². The Labute approximate surface area is 124 Å². The van der Waals surface area contributed by atoms with Gasteiger partial charge in [0.1, 0.15) is 0 Å². The Balaban J connectivity index is 1.60. The number of hydrogen-bond acceptors (Lipinski definition) is 4. The van der Waals surface area contributed by atoms with Gasteiger partial charge in [-0.05, 0) is 24.9 Å². The van der Waals surface area contributed by atoms with Crippen LogP contribution in [-0.4, -0.2) is 58.9 Å². The minimum Gasteiger partial charge on any atom is -0.392 e. The van der Waals surface area contributed by atoms with Crippen molar-refractivity contribution in [1.82, 2.24) is 9.91 Å². The van der Waals surface area contributed by atoms with E-state index in [0.29, 0.717) is 19.6 Å². The van der Waals surface area contributed by atoms with Crippen molar-refractivity contribution in [2.24, 2.45) is 5.10 Å². The molecular formula is C16H21N3O2. The van der Waals surface area contributed by atoms with Gasteiger partial charge in [-0.3, -0.25) is 9.69 Å². The van der Waals surface area contributed by atoms with E-state index < -0.39 is 0 Å². The van der Waals surface area contributed by atoms with E-state index in [1.807, 2.05) is 35.2 Å². The van der Waals surface area contributed by atoms with Gasteiger partial charge in [0, 0.05) is 13.0 Å². The molecule has 0 aliphatic carbocycles. The molecule has 2 aliphatic rings. The van der Waals surface area contributed by atoms with E-state index in [2.05, 4.69) is 5.10 Å². The first kappa shape index (κ1) is 14.2. The molecule has 112 valence electrons. The summed E-state index contributed by atoms with van der Waals surface area (Å²) in [7, 11) is 0. The number of piperidine rings is 1. The predicted molar refractivity (Wildman–Crippen MR) is 81.0 cm³/mol. The van der Waals surface area contributed by atoms with Crippen LogP contribution in [0, 0.1) is 0 Å². The Kier molecular flexibility index (Phi) is 4.31. The van der Waals surface area contributed by atoms with Crippen LogP contribution in [0.1, 0.15) is 24.8 Å². The van der Waals surface area contributed by atoms with E-state index in [1.165, 1.54) is 0 Å². The Bertz CT molecular complexity index is 530. The molecule has 1 fully saturated rings. The monoisotopic (exact) mass is 287 g/mol. The standard InChI is InChI=1S/C16H21N3O2/c20-14-7-4-9-18(11-14)12-16(21)19-10-8-15(17-19)13-5-2-1-3-6-13/h1-3,5-6,14,20H,4,7-12H2/t14-/m1/s1. The number of amides is 1. The summed E-state index contributed by atoms with van der Waals surface area (Å²) < 4.78 is 0. The molecule has 21 heavy (non-hydrogen) atoms. The highest BCUT2D eigenvalue weighted by Gasteiger charge is 2.25. The van der Waals surface area contributed by atoms with Crippen LogP contribution in [0.2, 0.25) is 0 Å². The van der Waals surface area contributed by atoms with E-state index in [0.717, 1.165) is 37.1 Å². The first-order valence-corrected chi connectivity index (χ1v) is 7.56. The van der Waals surface area contributed by atoms with Crippen molar-refractivity contribution >= 4 is 11.6 Å². The van der Waals surface area contributed by atoms with Gasteiger partial charge in [0.05, 0.1) is 24.9 Å². The third-order valence-corrected chi connectivity index (χ3v) is 4.04. The van der Waals surface area contributed by atoms with Gasteiger partial charge in [-0.15, -0.1) is 0 Å². The number of hydrogen-bond donors (Lipinski definition) is 1. The summed E-state index contributed by atoms with van der Waals surface area (Å²) >= 11 is 0. The van der Waals surface area contributed by atoms with Crippen LogP contribution in [0.4, 0.5) is 0 Å². The fourth-order valence-corrected chi connectivity index (χ4v) is 2.92. The maximum Gasteiger partial charge on any atom is 0.256 e. The van der Waals surface area contributed by atoms with Crippen molar-refractivity contribution in [1.29, 1.82) is 0 Å². The summed E-state index contributed by atoms with van der Waals surface area (Å²) in [6.07, 6.45) is 2.30. The average molecular weight is 287 g/mol. The average Bonchev–Trinajstić information content (AvgIpc) is 2.98. The van der Waals surface area contributed by atoms with Gasteiger partial charge in [-0.2, -0.15) is 5.10 Å². The normalized spacial score (nSPS) is 23.2. The molecule has 1 N–H and O–H groups in total. The molecule has 0 radical (unpaired) electrons. The van der Waals surface area contributed by atoms with E-state index in [1.54, 1.807) is 5.01 Å².